The predicted molar refractivity (Wildman–Crippen MR) is 158 cm³/mol. The van der Waals surface area contributed by atoms with Crippen LogP contribution in [0.15, 0.2) is 72.9 Å². The number of aromatic hydroxyl groups is 1. The summed E-state index contributed by atoms with van der Waals surface area (Å²) in [5.41, 5.74) is 4.64. The van der Waals surface area contributed by atoms with Gasteiger partial charge in [-0.3, -0.25) is 0 Å². The van der Waals surface area contributed by atoms with Gasteiger partial charge in [0.15, 0.2) is 0 Å². The number of rotatable bonds is 4. The van der Waals surface area contributed by atoms with Crippen molar-refractivity contribution in [1.29, 1.82) is 5.26 Å². The molecule has 3 heterocycles. The number of hydrogen-bond donors (Lipinski definition) is 1. The van der Waals surface area contributed by atoms with Gasteiger partial charge in [0.2, 0.25) is 5.88 Å². The van der Waals surface area contributed by atoms with Crippen molar-refractivity contribution in [3.05, 3.63) is 95.7 Å². The van der Waals surface area contributed by atoms with Crippen LogP contribution in [0.4, 0.5) is 0 Å². The Kier molecular flexibility index (Phi) is 7.36. The average Bonchev–Trinajstić information content (AvgIpc) is 3.26. The number of phenols is 1. The summed E-state index contributed by atoms with van der Waals surface area (Å²) in [6.07, 6.45) is 1.84. The Morgan fingerprint density at radius 1 is 0.976 bits per heavy atom. The third-order valence-electron chi connectivity index (χ3n) is 7.29. The smallest absolute Gasteiger partial charge is 0.218 e. The van der Waals surface area contributed by atoms with E-state index < -0.39 is 0 Å². The van der Waals surface area contributed by atoms with Crippen LogP contribution in [0.3, 0.4) is 0 Å². The molecule has 0 spiro atoms. The van der Waals surface area contributed by atoms with Gasteiger partial charge in [0, 0.05) is 50.0 Å². The maximum absolute atomic E-state index is 10.7. The molecule has 0 saturated carbocycles. The molecule has 0 fully saturated rings. The Morgan fingerprint density at radius 2 is 1.76 bits per heavy atom. The van der Waals surface area contributed by atoms with Crippen molar-refractivity contribution in [2.24, 2.45) is 0 Å². The normalized spacial score (nSPS) is 11.6. The van der Waals surface area contributed by atoms with Gasteiger partial charge >= 0.3 is 0 Å². The maximum atomic E-state index is 10.7. The Hall–Kier alpha value is -4.20. The molecule has 6 rings (SSSR count). The van der Waals surface area contributed by atoms with Crippen molar-refractivity contribution < 1.29 is 30.9 Å². The first-order valence-corrected chi connectivity index (χ1v) is 13.3. The van der Waals surface area contributed by atoms with Crippen molar-refractivity contribution in [3.8, 4) is 29.3 Å². The second-order valence-corrected chi connectivity index (χ2v) is 11.4. The van der Waals surface area contributed by atoms with Crippen LogP contribution in [-0.2, 0) is 26.5 Å². The summed E-state index contributed by atoms with van der Waals surface area (Å²) in [6.45, 7) is 10.6. The van der Waals surface area contributed by atoms with Gasteiger partial charge in [-0.2, -0.15) is 11.3 Å². The number of pyridine rings is 2. The molecule has 0 saturated heterocycles. The van der Waals surface area contributed by atoms with E-state index in [0.29, 0.717) is 22.2 Å². The first-order valence-electron chi connectivity index (χ1n) is 13.3. The SMILES string of the molecule is CC(C)c1cc(O)c2nc(Oc3[c-]c4c(cc3)c3ccccc3n4-c3cc(C(C)(C)C)ccn3)cc(C#N)c2c1.[Pt]. The topological polar surface area (TPSA) is 84.0 Å². The standard InChI is InChI=1S/C34H29N4O2.Pt/c1-20(2)21-14-27-22(19-35)16-32(37-33(27)30(39)15-21)40-24-10-11-26-25-8-6-7-9-28(25)38(29(26)18-24)31-17-23(12-13-36-31)34(3,4)5;/h6-17,20,39H,1-5H3;/q-1;. The molecule has 41 heavy (non-hydrogen) atoms. The molecule has 6 aromatic rings. The van der Waals surface area contributed by atoms with E-state index in [9.17, 15) is 10.4 Å². The summed E-state index contributed by atoms with van der Waals surface area (Å²) in [4.78, 5) is 9.28. The molecular formula is C34H29N4O2Pt-. The molecule has 0 amide bonds. The van der Waals surface area contributed by atoms with E-state index >= 15 is 0 Å². The van der Waals surface area contributed by atoms with E-state index in [1.165, 1.54) is 5.56 Å². The Bertz CT molecular complexity index is 1980. The summed E-state index contributed by atoms with van der Waals surface area (Å²) < 4.78 is 8.27. The number of benzene rings is 3. The van der Waals surface area contributed by atoms with Crippen LogP contribution in [0.25, 0.3) is 38.5 Å². The molecule has 0 radical (unpaired) electrons. The van der Waals surface area contributed by atoms with Gasteiger partial charge in [-0.1, -0.05) is 58.3 Å². The van der Waals surface area contributed by atoms with Gasteiger partial charge in [-0.05, 0) is 58.2 Å². The fraction of sp³-hybridized carbons (Fsp3) is 0.206. The predicted octanol–water partition coefficient (Wildman–Crippen LogP) is 8.32. The largest absolute Gasteiger partial charge is 0.506 e. The van der Waals surface area contributed by atoms with E-state index in [-0.39, 0.29) is 44.0 Å². The van der Waals surface area contributed by atoms with Gasteiger partial charge in [-0.25, -0.2) is 9.97 Å². The second-order valence-electron chi connectivity index (χ2n) is 11.4. The minimum absolute atomic E-state index is 0. The third kappa shape index (κ3) is 5.07. The van der Waals surface area contributed by atoms with Crippen LogP contribution >= 0.6 is 0 Å². The number of nitriles is 1. The molecule has 1 N–H and O–H groups in total. The molecule has 7 heteroatoms. The molecule has 0 atom stereocenters. The molecule has 0 aliphatic carbocycles. The number of aromatic nitrogens is 3. The fourth-order valence-electron chi connectivity index (χ4n) is 5.08. The molecular weight excluding hydrogens is 691 g/mol. The summed E-state index contributed by atoms with van der Waals surface area (Å²) in [7, 11) is 0. The van der Waals surface area contributed by atoms with Crippen molar-refractivity contribution in [1.82, 2.24) is 14.5 Å². The van der Waals surface area contributed by atoms with Crippen LogP contribution in [0.5, 0.6) is 17.4 Å². The van der Waals surface area contributed by atoms with Crippen LogP contribution < -0.4 is 4.74 Å². The quantitative estimate of drug-likeness (QED) is 0.185. The first-order chi connectivity index (χ1) is 19.1. The van der Waals surface area contributed by atoms with E-state index in [1.807, 2.05) is 56.4 Å². The van der Waals surface area contributed by atoms with Gasteiger partial charge < -0.3 is 14.4 Å². The zero-order valence-corrected chi connectivity index (χ0v) is 25.7. The Balaban J connectivity index is 0.00000337. The van der Waals surface area contributed by atoms with Crippen LogP contribution in [0.1, 0.15) is 57.2 Å². The minimum Gasteiger partial charge on any atom is -0.506 e. The summed E-state index contributed by atoms with van der Waals surface area (Å²) >= 11 is 0. The summed E-state index contributed by atoms with van der Waals surface area (Å²) in [6, 6.07) is 27.1. The van der Waals surface area contributed by atoms with Gasteiger partial charge in [-0.15, -0.1) is 17.5 Å². The molecule has 3 aromatic carbocycles. The molecule has 0 aliphatic rings. The van der Waals surface area contributed by atoms with Crippen LogP contribution in [-0.4, -0.2) is 19.6 Å². The number of para-hydroxylation sites is 1. The van der Waals surface area contributed by atoms with Gasteiger partial charge in [0.05, 0.1) is 5.56 Å². The Labute approximate surface area is 253 Å². The molecule has 208 valence electrons. The summed E-state index contributed by atoms with van der Waals surface area (Å²) in [5, 5.41) is 23.3. The van der Waals surface area contributed by atoms with Gasteiger partial charge in [0.25, 0.3) is 0 Å². The zero-order valence-electron chi connectivity index (χ0n) is 23.5. The number of hydrogen-bond acceptors (Lipinski definition) is 5. The first kappa shape index (κ1) is 28.3. The fourth-order valence-corrected chi connectivity index (χ4v) is 5.08. The van der Waals surface area contributed by atoms with Crippen LogP contribution in [0, 0.1) is 17.4 Å². The Morgan fingerprint density at radius 3 is 2.49 bits per heavy atom. The average molecular weight is 721 g/mol. The molecule has 3 aromatic heterocycles. The maximum Gasteiger partial charge on any atom is 0.218 e. The number of fused-ring (bicyclic) bond motifs is 4. The molecule has 0 aliphatic heterocycles. The monoisotopic (exact) mass is 720 g/mol. The number of nitrogens with zero attached hydrogens (tertiary/aromatic N) is 4. The van der Waals surface area contributed by atoms with Crippen molar-refractivity contribution in [2.45, 2.75) is 46.0 Å². The minimum atomic E-state index is -0.0316. The molecule has 0 bridgehead atoms. The zero-order chi connectivity index (χ0) is 28.2. The van der Waals surface area contributed by atoms with Crippen molar-refractivity contribution in [3.63, 3.8) is 0 Å². The number of phenolic OH excluding ortho intramolecular Hbond substituents is 1. The van der Waals surface area contributed by atoms with E-state index in [1.54, 1.807) is 12.1 Å². The van der Waals surface area contributed by atoms with E-state index in [4.69, 9.17) is 9.72 Å². The second kappa shape index (κ2) is 10.7. The van der Waals surface area contributed by atoms with Crippen molar-refractivity contribution >= 4 is 32.7 Å². The van der Waals surface area contributed by atoms with E-state index in [0.717, 1.165) is 33.2 Å². The molecule has 0 unspecified atom stereocenters. The number of ether oxygens (including phenoxy) is 1. The third-order valence-corrected chi connectivity index (χ3v) is 7.29. The van der Waals surface area contributed by atoms with Gasteiger partial charge in [0.1, 0.15) is 23.2 Å². The summed E-state index contributed by atoms with van der Waals surface area (Å²) in [5.74, 6) is 1.67. The van der Waals surface area contributed by atoms with E-state index in [2.05, 4.69) is 60.7 Å². The van der Waals surface area contributed by atoms with Crippen molar-refractivity contribution in [2.75, 3.05) is 0 Å². The molecule has 6 nitrogen and oxygen atoms in total. The van der Waals surface area contributed by atoms with Crippen LogP contribution in [0.2, 0.25) is 0 Å².